The van der Waals surface area contributed by atoms with Gasteiger partial charge >= 0.3 is 0 Å². The van der Waals surface area contributed by atoms with Gasteiger partial charge in [0, 0.05) is 31.1 Å². The van der Waals surface area contributed by atoms with Gasteiger partial charge in [-0.25, -0.2) is 14.6 Å². The molecule has 1 amide bonds. The van der Waals surface area contributed by atoms with Crippen LogP contribution in [0.3, 0.4) is 0 Å². The van der Waals surface area contributed by atoms with E-state index in [-0.39, 0.29) is 11.9 Å². The zero-order valence-electron chi connectivity index (χ0n) is 19.5. The van der Waals surface area contributed by atoms with Crippen molar-refractivity contribution in [1.82, 2.24) is 24.6 Å². The van der Waals surface area contributed by atoms with Crippen molar-refractivity contribution in [2.24, 2.45) is 0 Å². The summed E-state index contributed by atoms with van der Waals surface area (Å²) in [6.45, 7) is 3.30. The molecule has 0 aliphatic carbocycles. The quantitative estimate of drug-likeness (QED) is 0.461. The molecule has 1 aliphatic heterocycles. The number of para-hydroxylation sites is 1. The molecular formula is C27H26N6O2. The van der Waals surface area contributed by atoms with Crippen molar-refractivity contribution in [3.63, 3.8) is 0 Å². The first kappa shape index (κ1) is 22.4. The molecule has 4 aromatic rings. The largest absolute Gasteiger partial charge is 0.481 e. The lowest BCUT2D eigenvalue weighted by Gasteiger charge is -2.32. The van der Waals surface area contributed by atoms with E-state index in [2.05, 4.69) is 21.8 Å². The van der Waals surface area contributed by atoms with E-state index in [4.69, 9.17) is 15.6 Å². The smallest absolute Gasteiger partial charge is 0.219 e. The first-order valence-corrected chi connectivity index (χ1v) is 11.6. The highest BCUT2D eigenvalue weighted by atomic mass is 16.5. The van der Waals surface area contributed by atoms with Crippen LogP contribution in [0.15, 0.2) is 60.9 Å². The fourth-order valence-electron chi connectivity index (χ4n) is 4.38. The van der Waals surface area contributed by atoms with Crippen LogP contribution in [-0.2, 0) is 4.79 Å². The molecule has 5 rings (SSSR count). The van der Waals surface area contributed by atoms with Gasteiger partial charge in [-0.3, -0.25) is 4.79 Å². The highest BCUT2D eigenvalue weighted by Gasteiger charge is 2.27. The second-order valence-corrected chi connectivity index (χ2v) is 8.49. The topological polar surface area (TPSA) is 99.2 Å². The number of piperidine rings is 1. The average Bonchev–Trinajstić information content (AvgIpc) is 3.29. The molecule has 176 valence electrons. The normalized spacial score (nSPS) is 15.5. The molecule has 2 aromatic heterocycles. The molecule has 2 aromatic carbocycles. The van der Waals surface area contributed by atoms with Crippen molar-refractivity contribution in [3.8, 4) is 28.8 Å². The summed E-state index contributed by atoms with van der Waals surface area (Å²) < 4.78 is 7.54. The van der Waals surface area contributed by atoms with Gasteiger partial charge in [0.05, 0.1) is 11.4 Å². The van der Waals surface area contributed by atoms with E-state index in [0.29, 0.717) is 24.6 Å². The number of nitrogens with two attached hydrogens (primary N) is 1. The maximum atomic E-state index is 12.0. The first-order valence-electron chi connectivity index (χ1n) is 11.6. The Kier molecular flexibility index (Phi) is 6.31. The number of ether oxygens (including phenoxy) is 1. The Bertz CT molecular complexity index is 1400. The summed E-state index contributed by atoms with van der Waals surface area (Å²) >= 11 is 0. The van der Waals surface area contributed by atoms with Crippen LogP contribution in [0.1, 0.15) is 31.4 Å². The Morgan fingerprint density at radius 1 is 1.14 bits per heavy atom. The number of likely N-dealkylation sites (tertiary alicyclic amines) is 1. The molecule has 8 heteroatoms. The van der Waals surface area contributed by atoms with Gasteiger partial charge in [0.1, 0.15) is 30.2 Å². The number of hydrogen-bond donors (Lipinski definition) is 1. The number of rotatable bonds is 4. The summed E-state index contributed by atoms with van der Waals surface area (Å²) in [5.74, 6) is 7.43. The lowest BCUT2D eigenvalue weighted by molar-refractivity contribution is -0.130. The monoisotopic (exact) mass is 466 g/mol. The number of nitrogen functional groups attached to an aromatic ring is 1. The molecule has 2 N–H and O–H groups in total. The average molecular weight is 467 g/mol. The van der Waals surface area contributed by atoms with Gasteiger partial charge < -0.3 is 15.4 Å². The Morgan fingerprint density at radius 3 is 2.71 bits per heavy atom. The molecule has 1 fully saturated rings. The SMILES string of the molecule is CC(=O)N1CCC[C@@H](n2nc(-c3ccc(C#CCOc4ccccc4)cc3)c3c(N)ncnc32)C1. The van der Waals surface area contributed by atoms with Gasteiger partial charge in [-0.05, 0) is 37.1 Å². The van der Waals surface area contributed by atoms with Crippen LogP contribution in [0.4, 0.5) is 5.82 Å². The van der Waals surface area contributed by atoms with Crippen molar-refractivity contribution in [2.75, 3.05) is 25.4 Å². The van der Waals surface area contributed by atoms with E-state index in [1.807, 2.05) is 64.2 Å². The molecule has 0 unspecified atom stereocenters. The maximum absolute atomic E-state index is 12.0. The standard InChI is InChI=1S/C27H26N6O2/c1-19(34)32-15-5-8-22(17-32)33-27-24(26(28)29-18-30-27)25(31-33)21-13-11-20(12-14-21)7-6-16-35-23-9-3-2-4-10-23/h2-4,9-14,18,22H,5,8,15-17H2,1H3,(H2,28,29,30)/t22-/m1/s1. The summed E-state index contributed by atoms with van der Waals surface area (Å²) in [4.78, 5) is 22.5. The number of amides is 1. The number of hydrogen-bond acceptors (Lipinski definition) is 6. The minimum absolute atomic E-state index is 0.0351. The van der Waals surface area contributed by atoms with E-state index < -0.39 is 0 Å². The van der Waals surface area contributed by atoms with Crippen LogP contribution >= 0.6 is 0 Å². The minimum atomic E-state index is 0.0351. The molecule has 1 aliphatic rings. The molecule has 0 saturated carbocycles. The third kappa shape index (κ3) is 4.80. The van der Waals surface area contributed by atoms with Crippen LogP contribution in [0.5, 0.6) is 5.75 Å². The second kappa shape index (κ2) is 9.85. The van der Waals surface area contributed by atoms with E-state index >= 15 is 0 Å². The minimum Gasteiger partial charge on any atom is -0.481 e. The van der Waals surface area contributed by atoms with Crippen molar-refractivity contribution >= 4 is 22.8 Å². The highest BCUT2D eigenvalue weighted by Crippen LogP contribution is 2.33. The van der Waals surface area contributed by atoms with Crippen LogP contribution in [0, 0.1) is 11.8 Å². The summed E-state index contributed by atoms with van der Waals surface area (Å²) in [5.41, 5.74) is 9.46. The predicted molar refractivity (Wildman–Crippen MR) is 135 cm³/mol. The van der Waals surface area contributed by atoms with Crippen LogP contribution < -0.4 is 10.5 Å². The molecular weight excluding hydrogens is 440 g/mol. The fourth-order valence-corrected chi connectivity index (χ4v) is 4.38. The summed E-state index contributed by atoms with van der Waals surface area (Å²) in [5, 5.41) is 5.64. The predicted octanol–water partition coefficient (Wildman–Crippen LogP) is 3.69. The van der Waals surface area contributed by atoms with Gasteiger partial charge in [-0.15, -0.1) is 0 Å². The third-order valence-corrected chi connectivity index (χ3v) is 6.15. The molecule has 0 radical (unpaired) electrons. The Morgan fingerprint density at radius 2 is 1.94 bits per heavy atom. The molecule has 1 saturated heterocycles. The van der Waals surface area contributed by atoms with Crippen molar-refractivity contribution in [1.29, 1.82) is 0 Å². The number of carbonyl (C=O) groups excluding carboxylic acids is 1. The van der Waals surface area contributed by atoms with Gasteiger partial charge in [0.15, 0.2) is 5.65 Å². The van der Waals surface area contributed by atoms with E-state index in [9.17, 15) is 4.79 Å². The molecule has 0 bridgehead atoms. The van der Waals surface area contributed by atoms with Crippen molar-refractivity contribution in [2.45, 2.75) is 25.8 Å². The van der Waals surface area contributed by atoms with Gasteiger partial charge in [0.25, 0.3) is 0 Å². The number of benzene rings is 2. The Balaban J connectivity index is 1.40. The zero-order valence-corrected chi connectivity index (χ0v) is 19.5. The van der Waals surface area contributed by atoms with Crippen LogP contribution in [0.2, 0.25) is 0 Å². The van der Waals surface area contributed by atoms with Gasteiger partial charge in [0.2, 0.25) is 5.91 Å². The van der Waals surface area contributed by atoms with Gasteiger partial charge in [-0.2, -0.15) is 5.10 Å². The number of anilines is 1. The second-order valence-electron chi connectivity index (χ2n) is 8.49. The van der Waals surface area contributed by atoms with E-state index in [1.54, 1.807) is 6.92 Å². The van der Waals surface area contributed by atoms with Crippen molar-refractivity contribution in [3.05, 3.63) is 66.5 Å². The number of carbonyl (C=O) groups is 1. The zero-order chi connectivity index (χ0) is 24.2. The van der Waals surface area contributed by atoms with Crippen LogP contribution in [-0.4, -0.2) is 50.3 Å². The van der Waals surface area contributed by atoms with E-state index in [1.165, 1.54) is 6.33 Å². The Hall–Kier alpha value is -4.38. The third-order valence-electron chi connectivity index (χ3n) is 6.15. The lowest BCUT2D eigenvalue weighted by atomic mass is 10.1. The Labute approximate surface area is 203 Å². The van der Waals surface area contributed by atoms with E-state index in [0.717, 1.165) is 47.3 Å². The van der Waals surface area contributed by atoms with Crippen LogP contribution in [0.25, 0.3) is 22.3 Å². The molecule has 0 spiro atoms. The number of aromatic nitrogens is 4. The molecule has 1 atom stereocenters. The lowest BCUT2D eigenvalue weighted by Crippen LogP contribution is -2.39. The fraction of sp³-hybridized carbons (Fsp3) is 0.259. The molecule has 35 heavy (non-hydrogen) atoms. The summed E-state index contributed by atoms with van der Waals surface area (Å²) in [6.07, 6.45) is 3.30. The number of fused-ring (bicyclic) bond motifs is 1. The molecule has 3 heterocycles. The first-order chi connectivity index (χ1) is 17.1. The van der Waals surface area contributed by atoms with Crippen molar-refractivity contribution < 1.29 is 9.53 Å². The maximum Gasteiger partial charge on any atom is 0.219 e. The summed E-state index contributed by atoms with van der Waals surface area (Å²) in [6, 6.07) is 17.5. The highest BCUT2D eigenvalue weighted by molar-refractivity contribution is 5.98. The number of nitrogens with zero attached hydrogens (tertiary/aromatic N) is 5. The molecule has 8 nitrogen and oxygen atoms in total. The van der Waals surface area contributed by atoms with Gasteiger partial charge in [-0.1, -0.05) is 42.2 Å². The summed E-state index contributed by atoms with van der Waals surface area (Å²) in [7, 11) is 0.